The summed E-state index contributed by atoms with van der Waals surface area (Å²) < 4.78 is 41.3. The summed E-state index contributed by atoms with van der Waals surface area (Å²) >= 11 is 6.12. The lowest BCUT2D eigenvalue weighted by atomic mass is 9.84. The number of hydrogen-bond acceptors (Lipinski definition) is 11. The minimum Gasteiger partial charge on any atom is -0.351 e. The zero-order chi connectivity index (χ0) is 68.8. The van der Waals surface area contributed by atoms with Gasteiger partial charge in [0.05, 0.1) is 30.2 Å². The third kappa shape index (κ3) is 20.3. The van der Waals surface area contributed by atoms with Crippen LogP contribution in [0.2, 0.25) is 5.02 Å². The minimum absolute atomic E-state index is 0.0367. The number of carbonyl (C=O) groups excluding carboxylic acids is 11. The summed E-state index contributed by atoms with van der Waals surface area (Å²) in [7, 11) is 8.66. The molecule has 2 heterocycles. The number of likely N-dealkylation sites (N-methyl/N-ethyl adjacent to an activating group) is 6. The van der Waals surface area contributed by atoms with E-state index in [1.54, 1.807) is 20.8 Å². The van der Waals surface area contributed by atoms with Gasteiger partial charge < -0.3 is 55.6 Å². The van der Waals surface area contributed by atoms with E-state index in [2.05, 4.69) is 21.3 Å². The first-order chi connectivity index (χ1) is 43.7. The van der Waals surface area contributed by atoms with Crippen LogP contribution in [0.1, 0.15) is 181 Å². The Morgan fingerprint density at radius 2 is 1.17 bits per heavy atom. The number of carbonyl (C=O) groups is 11. The number of rotatable bonds is 10. The third-order valence-electron chi connectivity index (χ3n) is 19.8. The summed E-state index contributed by atoms with van der Waals surface area (Å²) in [6, 6.07) is -4.49. The fourth-order valence-electron chi connectivity index (χ4n) is 14.4. The molecule has 7 atom stereocenters. The van der Waals surface area contributed by atoms with Crippen molar-refractivity contribution < 1.29 is 65.9 Å². The highest BCUT2D eigenvalue weighted by Gasteiger charge is 2.50. The topological polar surface area (TPSA) is 259 Å². The van der Waals surface area contributed by atoms with Crippen LogP contribution in [0.4, 0.5) is 13.2 Å². The van der Waals surface area contributed by atoms with Crippen LogP contribution in [-0.4, -0.2) is 216 Å². The van der Waals surface area contributed by atoms with Gasteiger partial charge in [-0.2, -0.15) is 13.2 Å². The highest BCUT2D eigenvalue weighted by atomic mass is 35.5. The molecule has 4 N–H and O–H groups in total. The average Bonchev–Trinajstić information content (AvgIpc) is 1.72. The Labute approximate surface area is 552 Å². The number of nitrogens with zero attached hydrogens (tertiary/aromatic N) is 7. The Balaban J connectivity index is 1.36. The molecule has 1 aromatic carbocycles. The zero-order valence-electron chi connectivity index (χ0n) is 56.6. The Bertz CT molecular complexity index is 2840. The number of fused-ring (bicyclic) bond motifs is 1. The van der Waals surface area contributed by atoms with Crippen molar-refractivity contribution in [2.24, 2.45) is 23.7 Å². The summed E-state index contributed by atoms with van der Waals surface area (Å²) in [5.74, 6) is -7.09. The number of hydrogen-bond donors (Lipinski definition) is 4. The molecule has 5 fully saturated rings. The van der Waals surface area contributed by atoms with Crippen LogP contribution in [0, 0.1) is 23.7 Å². The van der Waals surface area contributed by atoms with Crippen LogP contribution in [-0.2, 0) is 65.3 Å². The van der Waals surface area contributed by atoms with Crippen molar-refractivity contribution in [1.29, 1.82) is 0 Å². The SMILES string of the molecule is CC(C)C[C@H]1C(=O)N[C@@H](CC2CCCCC2)C(=O)N(C)CC(=O)N(C)CC(=O)N(C)[C@@H](CC2CCCCC2)C(=O)N(C)CC(=O)N[C@@H](CCc2ccc(C(F)(F)F)c(Cl)c2)C(=O)N2CCC[C@H]2C(=O)NC2(CCCC2)C(=O)N(C)[C@@H](C(C)C)C(=O)N[C@H](C)CC(=O)N1C. The van der Waals surface area contributed by atoms with E-state index in [1.807, 2.05) is 13.8 Å². The van der Waals surface area contributed by atoms with Gasteiger partial charge in [0.2, 0.25) is 65.0 Å². The fraction of sp³-hybridized carbons (Fsp3) is 0.746. The zero-order valence-corrected chi connectivity index (χ0v) is 57.4. The lowest BCUT2D eigenvalue weighted by Gasteiger charge is -2.39. The molecule has 0 unspecified atom stereocenters. The van der Waals surface area contributed by atoms with Crippen molar-refractivity contribution in [2.45, 2.75) is 230 Å². The molecular formula is C67H103ClF3N11O11. The van der Waals surface area contributed by atoms with Crippen LogP contribution in [0.3, 0.4) is 0 Å². The second kappa shape index (κ2) is 33.7. The second-order valence-corrected chi connectivity index (χ2v) is 28.4. The minimum atomic E-state index is -4.74. The molecule has 5 aliphatic rings. The molecule has 1 aromatic rings. The van der Waals surface area contributed by atoms with Gasteiger partial charge in [-0.3, -0.25) is 52.7 Å². The molecule has 0 bridgehead atoms. The molecule has 6 rings (SSSR count). The quantitative estimate of drug-likeness (QED) is 0.209. The van der Waals surface area contributed by atoms with Gasteiger partial charge >= 0.3 is 6.18 Å². The molecule has 1 spiro atoms. The van der Waals surface area contributed by atoms with E-state index < -0.39 is 155 Å². The number of aryl methyl sites for hydroxylation is 1. The number of alkyl halides is 3. The normalized spacial score (nSPS) is 26.7. The van der Waals surface area contributed by atoms with Gasteiger partial charge in [0, 0.05) is 61.3 Å². The average molecular weight is 1330 g/mol. The molecular weight excluding hydrogens is 1230 g/mol. The highest BCUT2D eigenvalue weighted by molar-refractivity contribution is 6.31. The Hall–Kier alpha value is -6.53. The van der Waals surface area contributed by atoms with E-state index in [4.69, 9.17) is 11.6 Å². The van der Waals surface area contributed by atoms with Gasteiger partial charge in [0.1, 0.15) is 41.8 Å². The Kier molecular flexibility index (Phi) is 27.4. The number of benzene rings is 1. The summed E-state index contributed by atoms with van der Waals surface area (Å²) in [4.78, 5) is 169. The van der Waals surface area contributed by atoms with Crippen LogP contribution in [0.5, 0.6) is 0 Å². The van der Waals surface area contributed by atoms with Crippen molar-refractivity contribution in [3.63, 3.8) is 0 Å². The molecule has 0 radical (unpaired) electrons. The van der Waals surface area contributed by atoms with Crippen LogP contribution in [0.15, 0.2) is 18.2 Å². The monoisotopic (exact) mass is 1330 g/mol. The van der Waals surface area contributed by atoms with Crippen molar-refractivity contribution in [1.82, 2.24) is 55.6 Å². The summed E-state index contributed by atoms with van der Waals surface area (Å²) in [6.07, 6.45) is 6.57. The maximum atomic E-state index is 15.0. The second-order valence-electron chi connectivity index (χ2n) is 28.0. The molecule has 22 nitrogen and oxygen atoms in total. The van der Waals surface area contributed by atoms with E-state index in [0.717, 1.165) is 86.1 Å². The molecule has 520 valence electrons. The van der Waals surface area contributed by atoms with E-state index in [9.17, 15) is 56.3 Å². The lowest BCUT2D eigenvalue weighted by molar-refractivity contribution is -0.149. The maximum Gasteiger partial charge on any atom is 0.417 e. The molecule has 3 saturated carbocycles. The van der Waals surface area contributed by atoms with E-state index in [0.29, 0.717) is 24.8 Å². The van der Waals surface area contributed by atoms with Crippen LogP contribution >= 0.6 is 11.6 Å². The Morgan fingerprint density at radius 1 is 0.591 bits per heavy atom. The first kappa shape index (κ1) is 75.5. The van der Waals surface area contributed by atoms with Crippen LogP contribution in [0.25, 0.3) is 0 Å². The van der Waals surface area contributed by atoms with Crippen molar-refractivity contribution in [3.8, 4) is 0 Å². The maximum absolute atomic E-state index is 15.0. The van der Waals surface area contributed by atoms with Crippen molar-refractivity contribution in [3.05, 3.63) is 34.3 Å². The van der Waals surface area contributed by atoms with Gasteiger partial charge in [-0.1, -0.05) is 122 Å². The number of halogens is 4. The first-order valence-corrected chi connectivity index (χ1v) is 34.0. The molecule has 93 heavy (non-hydrogen) atoms. The molecule has 3 aliphatic carbocycles. The molecule has 0 aromatic heterocycles. The fourth-order valence-corrected chi connectivity index (χ4v) is 14.7. The standard InChI is InChI=1S/C67H103ClF3N11O11/c1-41(2)33-52-59(87)74-50(36-44-21-14-12-15-22-44)62(90)78(8)39-56(85)76(6)40-57(86)80(10)53(37-45-23-16-13-17-24-45)64(92)77(7)38-54(83)73-49(29-27-46-26-28-47(48(68)35-46)67(69,70)71)63(91)82-32-20-25-51(82)60(88)75-66(30-18-19-31-66)65(93)81(11)58(42(3)4)61(89)72-43(5)34-55(84)79(52)9/h26,28,35,41-45,49-53,58H,12-25,27,29-34,36-40H2,1-11H3,(H,72,89)(H,73,83)(H,74,87)(H,75,88)/t43-,49+,50+,51+,52+,53+,58+/m1/s1. The Morgan fingerprint density at radius 3 is 1.75 bits per heavy atom. The summed E-state index contributed by atoms with van der Waals surface area (Å²) in [5.41, 5.74) is -2.24. The van der Waals surface area contributed by atoms with Gasteiger partial charge in [0.15, 0.2) is 0 Å². The smallest absolute Gasteiger partial charge is 0.351 e. The van der Waals surface area contributed by atoms with E-state index in [1.165, 1.54) is 72.9 Å². The predicted molar refractivity (Wildman–Crippen MR) is 344 cm³/mol. The van der Waals surface area contributed by atoms with Crippen molar-refractivity contribution >= 4 is 76.6 Å². The van der Waals surface area contributed by atoms with Gasteiger partial charge in [-0.05, 0) is 106 Å². The number of nitrogens with one attached hydrogen (secondary N) is 4. The third-order valence-corrected chi connectivity index (χ3v) is 20.1. The van der Waals surface area contributed by atoms with Gasteiger partial charge in [-0.15, -0.1) is 0 Å². The highest BCUT2D eigenvalue weighted by Crippen LogP contribution is 2.37. The molecule has 11 amide bonds. The lowest BCUT2D eigenvalue weighted by Crippen LogP contribution is -2.64. The number of amides is 11. The molecule has 2 aliphatic heterocycles. The largest absolute Gasteiger partial charge is 0.417 e. The summed E-state index contributed by atoms with van der Waals surface area (Å²) in [5, 5.41) is 11.1. The molecule has 26 heteroatoms. The molecule has 2 saturated heterocycles. The van der Waals surface area contributed by atoms with Crippen LogP contribution < -0.4 is 21.3 Å². The first-order valence-electron chi connectivity index (χ1n) is 33.6. The predicted octanol–water partition coefficient (Wildman–Crippen LogP) is 6.09. The van der Waals surface area contributed by atoms with E-state index >= 15 is 9.59 Å². The van der Waals surface area contributed by atoms with Crippen molar-refractivity contribution in [2.75, 3.05) is 68.5 Å². The van der Waals surface area contributed by atoms with Gasteiger partial charge in [0.25, 0.3) is 0 Å². The van der Waals surface area contributed by atoms with Gasteiger partial charge in [-0.25, -0.2) is 0 Å². The summed E-state index contributed by atoms with van der Waals surface area (Å²) in [6.45, 7) is 7.46. The van der Waals surface area contributed by atoms with E-state index in [-0.39, 0.29) is 82.1 Å².